The van der Waals surface area contributed by atoms with Crippen molar-refractivity contribution >= 4 is 11.9 Å². The first kappa shape index (κ1) is 18.1. The number of alkyl halides is 3. The number of amides is 1. The highest BCUT2D eigenvalue weighted by atomic mass is 19.4. The molecule has 1 aliphatic rings. The Morgan fingerprint density at radius 2 is 1.79 bits per heavy atom. The lowest BCUT2D eigenvalue weighted by Gasteiger charge is -2.21. The maximum Gasteiger partial charge on any atom is 0.573 e. The minimum Gasteiger partial charge on any atom is -0.481 e. The number of carboxylic acids is 1. The first-order chi connectivity index (χ1) is 11.2. The lowest BCUT2D eigenvalue weighted by atomic mass is 10.0. The van der Waals surface area contributed by atoms with Gasteiger partial charge in [0.1, 0.15) is 5.75 Å². The third-order valence-electron chi connectivity index (χ3n) is 4.08. The molecule has 0 heterocycles. The fourth-order valence-electron chi connectivity index (χ4n) is 2.89. The molecule has 0 spiro atoms. The Labute approximate surface area is 137 Å². The number of halogens is 3. The largest absolute Gasteiger partial charge is 0.573 e. The van der Waals surface area contributed by atoms with E-state index in [0.29, 0.717) is 24.8 Å². The SMILES string of the molecule is CN(Cc1ccc(OC(F)(F)F)cc1)C(=O)[C@@H]1CC[C@H](C(=O)O)C1. The molecular formula is C16H18F3NO4. The predicted molar refractivity (Wildman–Crippen MR) is 78.1 cm³/mol. The smallest absolute Gasteiger partial charge is 0.481 e. The molecule has 0 aliphatic heterocycles. The fraction of sp³-hybridized carbons (Fsp3) is 0.500. The number of carbonyl (C=O) groups excluding carboxylic acids is 1. The van der Waals surface area contributed by atoms with Crippen molar-refractivity contribution in [2.75, 3.05) is 7.05 Å². The Morgan fingerprint density at radius 3 is 2.29 bits per heavy atom. The third kappa shape index (κ3) is 4.87. The summed E-state index contributed by atoms with van der Waals surface area (Å²) in [5.74, 6) is -2.14. The van der Waals surface area contributed by atoms with Gasteiger partial charge in [-0.3, -0.25) is 9.59 Å². The van der Waals surface area contributed by atoms with Crippen molar-refractivity contribution in [3.63, 3.8) is 0 Å². The van der Waals surface area contributed by atoms with Crippen LogP contribution < -0.4 is 4.74 Å². The number of carbonyl (C=O) groups is 2. The van der Waals surface area contributed by atoms with Gasteiger partial charge in [-0.15, -0.1) is 13.2 Å². The summed E-state index contributed by atoms with van der Waals surface area (Å²) >= 11 is 0. The van der Waals surface area contributed by atoms with Crippen LogP contribution in [-0.2, 0) is 16.1 Å². The Bertz CT molecular complexity index is 600. The fourth-order valence-corrected chi connectivity index (χ4v) is 2.89. The molecule has 2 rings (SSSR count). The Balaban J connectivity index is 1.91. The van der Waals surface area contributed by atoms with E-state index in [1.165, 1.54) is 29.2 Å². The van der Waals surface area contributed by atoms with Gasteiger partial charge in [0.15, 0.2) is 0 Å². The first-order valence-electron chi connectivity index (χ1n) is 7.48. The Kier molecular flexibility index (Phi) is 5.36. The number of hydrogen-bond acceptors (Lipinski definition) is 3. The third-order valence-corrected chi connectivity index (χ3v) is 4.08. The van der Waals surface area contributed by atoms with Crippen molar-refractivity contribution in [3.05, 3.63) is 29.8 Å². The van der Waals surface area contributed by atoms with Gasteiger partial charge in [-0.2, -0.15) is 0 Å². The summed E-state index contributed by atoms with van der Waals surface area (Å²) in [5.41, 5.74) is 0.660. The van der Waals surface area contributed by atoms with E-state index in [9.17, 15) is 22.8 Å². The predicted octanol–water partition coefficient (Wildman–Crippen LogP) is 3.04. The number of rotatable bonds is 5. The van der Waals surface area contributed by atoms with Gasteiger partial charge in [-0.1, -0.05) is 12.1 Å². The van der Waals surface area contributed by atoms with E-state index < -0.39 is 18.2 Å². The normalized spacial score (nSPS) is 20.7. The van der Waals surface area contributed by atoms with Crippen molar-refractivity contribution in [1.82, 2.24) is 4.90 Å². The van der Waals surface area contributed by atoms with E-state index >= 15 is 0 Å². The van der Waals surface area contributed by atoms with Gasteiger partial charge >= 0.3 is 12.3 Å². The van der Waals surface area contributed by atoms with Gasteiger partial charge in [0, 0.05) is 19.5 Å². The Hall–Kier alpha value is -2.25. The number of hydrogen-bond donors (Lipinski definition) is 1. The maximum absolute atomic E-state index is 12.3. The van der Waals surface area contributed by atoms with Crippen LogP contribution in [0.15, 0.2) is 24.3 Å². The van der Waals surface area contributed by atoms with Crippen LogP contribution >= 0.6 is 0 Å². The lowest BCUT2D eigenvalue weighted by molar-refractivity contribution is -0.274. The second-order valence-corrected chi connectivity index (χ2v) is 5.93. The molecule has 1 N–H and O–H groups in total. The van der Waals surface area contributed by atoms with Gasteiger partial charge < -0.3 is 14.7 Å². The van der Waals surface area contributed by atoms with E-state index in [0.717, 1.165) is 0 Å². The molecule has 0 bridgehead atoms. The monoisotopic (exact) mass is 345 g/mol. The van der Waals surface area contributed by atoms with Crippen LogP contribution in [0.5, 0.6) is 5.75 Å². The highest BCUT2D eigenvalue weighted by Gasteiger charge is 2.35. The molecular weight excluding hydrogens is 327 g/mol. The van der Waals surface area contributed by atoms with Gasteiger partial charge in [-0.05, 0) is 37.0 Å². The van der Waals surface area contributed by atoms with Gasteiger partial charge in [0.2, 0.25) is 5.91 Å². The lowest BCUT2D eigenvalue weighted by Crippen LogP contribution is -2.31. The number of carboxylic acid groups (broad SMARTS) is 1. The van der Waals surface area contributed by atoms with Crippen molar-refractivity contribution < 1.29 is 32.6 Å². The van der Waals surface area contributed by atoms with Crippen LogP contribution in [0.1, 0.15) is 24.8 Å². The molecule has 1 amide bonds. The number of nitrogens with zero attached hydrogens (tertiary/aromatic N) is 1. The molecule has 0 aromatic heterocycles. The van der Waals surface area contributed by atoms with Crippen LogP contribution in [0, 0.1) is 11.8 Å². The van der Waals surface area contributed by atoms with E-state index in [1.807, 2.05) is 0 Å². The van der Waals surface area contributed by atoms with Crippen LogP contribution in [0.4, 0.5) is 13.2 Å². The number of ether oxygens (including phenoxy) is 1. The van der Waals surface area contributed by atoms with Gasteiger partial charge in [-0.25, -0.2) is 0 Å². The zero-order valence-electron chi connectivity index (χ0n) is 13.0. The topological polar surface area (TPSA) is 66.8 Å². The standard InChI is InChI=1S/C16H18F3NO4/c1-20(14(21)11-4-5-12(8-11)15(22)23)9-10-2-6-13(7-3-10)24-16(17,18)19/h2-3,6-7,11-12H,4-5,8-9H2,1H3,(H,22,23)/t11-,12+/m1/s1. The summed E-state index contributed by atoms with van der Waals surface area (Å²) in [6, 6.07) is 5.30. The number of benzene rings is 1. The molecule has 0 unspecified atom stereocenters. The minimum absolute atomic E-state index is 0.144. The maximum atomic E-state index is 12.3. The molecule has 5 nitrogen and oxygen atoms in total. The van der Waals surface area contributed by atoms with Crippen molar-refractivity contribution in [3.8, 4) is 5.75 Å². The molecule has 2 atom stereocenters. The number of aliphatic carboxylic acids is 1. The van der Waals surface area contributed by atoms with Crippen molar-refractivity contribution in [1.29, 1.82) is 0 Å². The van der Waals surface area contributed by atoms with E-state index in [1.54, 1.807) is 7.05 Å². The molecule has 0 radical (unpaired) electrons. The zero-order chi connectivity index (χ0) is 17.9. The molecule has 1 aromatic carbocycles. The summed E-state index contributed by atoms with van der Waals surface area (Å²) in [6.07, 6.45) is -3.38. The molecule has 1 saturated carbocycles. The quantitative estimate of drug-likeness (QED) is 0.891. The van der Waals surface area contributed by atoms with Gasteiger partial charge in [0.05, 0.1) is 5.92 Å². The summed E-state index contributed by atoms with van der Waals surface area (Å²) in [5, 5.41) is 8.98. The van der Waals surface area contributed by atoms with Crippen LogP contribution in [-0.4, -0.2) is 35.3 Å². The highest BCUT2D eigenvalue weighted by molar-refractivity contribution is 5.80. The molecule has 0 saturated heterocycles. The molecule has 24 heavy (non-hydrogen) atoms. The molecule has 1 aromatic rings. The summed E-state index contributed by atoms with van der Waals surface area (Å²) in [6.45, 7) is 0.235. The second-order valence-electron chi connectivity index (χ2n) is 5.93. The van der Waals surface area contributed by atoms with Crippen LogP contribution in [0.25, 0.3) is 0 Å². The molecule has 1 fully saturated rings. The summed E-state index contributed by atoms with van der Waals surface area (Å²) in [7, 11) is 1.59. The molecule has 1 aliphatic carbocycles. The Morgan fingerprint density at radius 1 is 1.21 bits per heavy atom. The molecule has 132 valence electrons. The van der Waals surface area contributed by atoms with Crippen molar-refractivity contribution in [2.24, 2.45) is 11.8 Å². The van der Waals surface area contributed by atoms with Gasteiger partial charge in [0.25, 0.3) is 0 Å². The van der Waals surface area contributed by atoms with Crippen molar-refractivity contribution in [2.45, 2.75) is 32.2 Å². The van der Waals surface area contributed by atoms with Crippen LogP contribution in [0.3, 0.4) is 0 Å². The highest BCUT2D eigenvalue weighted by Crippen LogP contribution is 2.32. The summed E-state index contributed by atoms with van der Waals surface area (Å²) in [4.78, 5) is 24.7. The average molecular weight is 345 g/mol. The average Bonchev–Trinajstić information content (AvgIpc) is 2.97. The van der Waals surface area contributed by atoms with E-state index in [2.05, 4.69) is 4.74 Å². The van der Waals surface area contributed by atoms with E-state index in [4.69, 9.17) is 5.11 Å². The van der Waals surface area contributed by atoms with E-state index in [-0.39, 0.29) is 24.1 Å². The molecule has 8 heteroatoms. The van der Waals surface area contributed by atoms with Crippen LogP contribution in [0.2, 0.25) is 0 Å². The second kappa shape index (κ2) is 7.11. The summed E-state index contributed by atoms with van der Waals surface area (Å²) < 4.78 is 40.1. The minimum atomic E-state index is -4.74. The first-order valence-corrected chi connectivity index (χ1v) is 7.48. The zero-order valence-corrected chi connectivity index (χ0v) is 13.0.